The maximum absolute atomic E-state index is 14.7. The van der Waals surface area contributed by atoms with Crippen molar-refractivity contribution >= 4 is 39.1 Å². The molecule has 0 bridgehead atoms. The summed E-state index contributed by atoms with van der Waals surface area (Å²) in [4.78, 5) is 30.3. The largest absolute Gasteiger partial charge is 0.457 e. The molecule has 0 aliphatic carbocycles. The molecule has 0 spiro atoms. The number of anilines is 1. The molecule has 0 aliphatic rings. The minimum absolute atomic E-state index is 0.0216. The van der Waals surface area contributed by atoms with E-state index in [1.807, 2.05) is 87.5 Å². The Hall–Kier alpha value is -5.12. The first-order valence-electron chi connectivity index (χ1n) is 16.8. The minimum Gasteiger partial charge on any atom is -0.457 e. The van der Waals surface area contributed by atoms with Gasteiger partial charge in [0.05, 0.1) is 10.6 Å². The number of ether oxygens (including phenoxy) is 1. The quantitative estimate of drug-likeness (QED) is 0.118. The van der Waals surface area contributed by atoms with Crippen molar-refractivity contribution in [3.63, 3.8) is 0 Å². The number of benzene rings is 5. The Kier molecular flexibility index (Phi) is 12.5. The van der Waals surface area contributed by atoms with Crippen LogP contribution in [0.5, 0.6) is 11.5 Å². The van der Waals surface area contributed by atoms with Gasteiger partial charge in [-0.25, -0.2) is 8.42 Å². The van der Waals surface area contributed by atoms with Gasteiger partial charge < -0.3 is 15.0 Å². The molecule has 0 aliphatic heterocycles. The van der Waals surface area contributed by atoms with Crippen LogP contribution in [-0.2, 0) is 32.6 Å². The molecule has 0 radical (unpaired) electrons. The van der Waals surface area contributed by atoms with Crippen molar-refractivity contribution in [1.29, 1.82) is 0 Å². The van der Waals surface area contributed by atoms with Gasteiger partial charge in [-0.15, -0.1) is 0 Å². The molecule has 5 aromatic rings. The lowest BCUT2D eigenvalue weighted by atomic mass is 10.0. The van der Waals surface area contributed by atoms with Crippen LogP contribution in [0.1, 0.15) is 37.0 Å². The number of carbonyl (C=O) groups is 2. The molecule has 264 valence electrons. The lowest BCUT2D eigenvalue weighted by Gasteiger charge is -2.34. The van der Waals surface area contributed by atoms with Crippen LogP contribution in [-0.4, -0.2) is 43.8 Å². The van der Waals surface area contributed by atoms with E-state index in [0.29, 0.717) is 28.5 Å². The van der Waals surface area contributed by atoms with Crippen molar-refractivity contribution in [1.82, 2.24) is 10.2 Å². The van der Waals surface area contributed by atoms with Crippen LogP contribution in [0, 0.1) is 6.92 Å². The lowest BCUT2D eigenvalue weighted by Crippen LogP contribution is -2.54. The van der Waals surface area contributed by atoms with E-state index >= 15 is 0 Å². The predicted molar refractivity (Wildman–Crippen MR) is 203 cm³/mol. The van der Waals surface area contributed by atoms with E-state index in [0.717, 1.165) is 15.4 Å². The fraction of sp³-hybridized carbons (Fsp3) is 0.220. The van der Waals surface area contributed by atoms with Crippen LogP contribution in [0.3, 0.4) is 0 Å². The van der Waals surface area contributed by atoms with E-state index in [4.69, 9.17) is 16.3 Å². The number of hydrogen-bond donors (Lipinski definition) is 1. The number of nitrogens with one attached hydrogen (secondary N) is 1. The second-order valence-electron chi connectivity index (χ2n) is 12.4. The Morgan fingerprint density at radius 3 is 2.00 bits per heavy atom. The second kappa shape index (κ2) is 17.2. The third-order valence-corrected chi connectivity index (χ3v) is 10.7. The highest BCUT2D eigenvalue weighted by Gasteiger charge is 2.35. The first-order valence-corrected chi connectivity index (χ1v) is 18.7. The topological polar surface area (TPSA) is 96.0 Å². The van der Waals surface area contributed by atoms with Gasteiger partial charge in [-0.05, 0) is 86.0 Å². The van der Waals surface area contributed by atoms with Crippen LogP contribution >= 0.6 is 11.6 Å². The zero-order chi connectivity index (χ0) is 36.4. The van der Waals surface area contributed by atoms with E-state index in [2.05, 4.69) is 5.32 Å². The Morgan fingerprint density at radius 1 is 0.784 bits per heavy atom. The molecule has 0 aromatic heterocycles. The summed E-state index contributed by atoms with van der Waals surface area (Å²) < 4.78 is 35.8. The Labute approximate surface area is 305 Å². The first-order chi connectivity index (χ1) is 24.5. The maximum atomic E-state index is 14.7. The van der Waals surface area contributed by atoms with Crippen LogP contribution < -0.4 is 14.4 Å². The van der Waals surface area contributed by atoms with E-state index in [-0.39, 0.29) is 35.5 Å². The van der Waals surface area contributed by atoms with Crippen LogP contribution in [0.2, 0.25) is 5.02 Å². The van der Waals surface area contributed by atoms with E-state index in [1.165, 1.54) is 17.0 Å². The number of halogens is 1. The number of para-hydroxylation sites is 1. The Bertz CT molecular complexity index is 2010. The highest BCUT2D eigenvalue weighted by Crippen LogP contribution is 2.29. The summed E-state index contributed by atoms with van der Waals surface area (Å²) in [5.74, 6) is 0.202. The summed E-state index contributed by atoms with van der Waals surface area (Å²) in [6.45, 7) is 5.13. The maximum Gasteiger partial charge on any atom is 0.264 e. The zero-order valence-electron chi connectivity index (χ0n) is 28.9. The minimum atomic E-state index is -4.26. The van der Waals surface area contributed by atoms with Gasteiger partial charge in [0.25, 0.3) is 10.0 Å². The van der Waals surface area contributed by atoms with Crippen molar-refractivity contribution in [2.24, 2.45) is 0 Å². The monoisotopic (exact) mass is 723 g/mol. The highest BCUT2D eigenvalue weighted by atomic mass is 35.5. The smallest absolute Gasteiger partial charge is 0.264 e. The predicted octanol–water partition coefficient (Wildman–Crippen LogP) is 8.19. The van der Waals surface area contributed by atoms with Crippen molar-refractivity contribution in [3.05, 3.63) is 155 Å². The molecule has 2 amide bonds. The summed E-state index contributed by atoms with van der Waals surface area (Å²) in [5.41, 5.74) is 2.61. The van der Waals surface area contributed by atoms with Crippen LogP contribution in [0.4, 0.5) is 5.69 Å². The summed E-state index contributed by atoms with van der Waals surface area (Å²) in [6.07, 6.45) is 0.893. The SMILES string of the molecule is CC[C@@H](C)NC(=O)[C@@H](Cc1ccccc1)N(Cc1ccccc1Cl)C(=O)CN(c1ccc(Oc2ccccc2)cc1)S(=O)(=O)c1ccc(C)cc1. The Balaban J connectivity index is 1.57. The van der Waals surface area contributed by atoms with Crippen molar-refractivity contribution in [3.8, 4) is 11.5 Å². The van der Waals surface area contributed by atoms with Gasteiger partial charge in [0.15, 0.2) is 0 Å². The van der Waals surface area contributed by atoms with Crippen LogP contribution in [0.15, 0.2) is 138 Å². The van der Waals surface area contributed by atoms with Crippen molar-refractivity contribution in [2.75, 3.05) is 10.8 Å². The molecule has 2 atom stereocenters. The van der Waals surface area contributed by atoms with E-state index < -0.39 is 28.5 Å². The van der Waals surface area contributed by atoms with Crippen molar-refractivity contribution in [2.45, 2.75) is 57.1 Å². The molecule has 10 heteroatoms. The normalized spacial score (nSPS) is 12.4. The molecular weight excluding hydrogens is 682 g/mol. The van der Waals surface area contributed by atoms with E-state index in [1.54, 1.807) is 54.6 Å². The number of nitrogens with zero attached hydrogens (tertiary/aromatic N) is 2. The van der Waals surface area contributed by atoms with Gasteiger partial charge in [-0.2, -0.15) is 0 Å². The second-order valence-corrected chi connectivity index (χ2v) is 14.6. The molecule has 0 saturated heterocycles. The highest BCUT2D eigenvalue weighted by molar-refractivity contribution is 7.92. The number of aryl methyl sites for hydroxylation is 1. The Morgan fingerprint density at radius 2 is 1.37 bits per heavy atom. The molecule has 51 heavy (non-hydrogen) atoms. The third-order valence-electron chi connectivity index (χ3n) is 8.56. The zero-order valence-corrected chi connectivity index (χ0v) is 30.5. The lowest BCUT2D eigenvalue weighted by molar-refractivity contribution is -0.140. The molecule has 0 saturated carbocycles. The van der Waals surface area contributed by atoms with E-state index in [9.17, 15) is 18.0 Å². The summed E-state index contributed by atoms with van der Waals surface area (Å²) in [6, 6.07) is 37.6. The van der Waals surface area contributed by atoms with Gasteiger partial charge in [0, 0.05) is 24.0 Å². The number of carbonyl (C=O) groups excluding carboxylic acids is 2. The number of sulfonamides is 1. The number of rotatable bonds is 15. The summed E-state index contributed by atoms with van der Waals surface area (Å²) in [5, 5.41) is 3.47. The average Bonchev–Trinajstić information content (AvgIpc) is 3.14. The molecule has 5 aromatic carbocycles. The van der Waals surface area contributed by atoms with Gasteiger partial charge in [-0.1, -0.05) is 103 Å². The fourth-order valence-electron chi connectivity index (χ4n) is 5.48. The molecule has 0 unspecified atom stereocenters. The molecule has 0 heterocycles. The molecule has 8 nitrogen and oxygen atoms in total. The van der Waals surface area contributed by atoms with Gasteiger partial charge in [0.1, 0.15) is 24.1 Å². The molecule has 5 rings (SSSR count). The average molecular weight is 724 g/mol. The standard InChI is InChI=1S/C41H42ClN3O5S/c1-4-31(3)43-41(47)39(27-32-13-7-5-8-14-32)44(28-33-15-11-12-18-38(33)42)40(46)29-45(51(48,49)37-25-19-30(2)20-26-37)34-21-23-36(24-22-34)50-35-16-9-6-10-17-35/h5-26,31,39H,4,27-29H2,1-3H3,(H,43,47)/t31-,39-/m1/s1. The number of amides is 2. The summed E-state index contributed by atoms with van der Waals surface area (Å²) >= 11 is 6.61. The first kappa shape index (κ1) is 37.1. The van der Waals surface area contributed by atoms with Crippen molar-refractivity contribution < 1.29 is 22.7 Å². The van der Waals surface area contributed by atoms with Crippen LogP contribution in [0.25, 0.3) is 0 Å². The molecule has 0 fully saturated rings. The van der Waals surface area contributed by atoms with Gasteiger partial charge >= 0.3 is 0 Å². The third kappa shape index (κ3) is 9.78. The molecular formula is C41H42ClN3O5S. The van der Waals surface area contributed by atoms with Gasteiger partial charge in [-0.3, -0.25) is 13.9 Å². The van der Waals surface area contributed by atoms with Gasteiger partial charge in [0.2, 0.25) is 11.8 Å². The fourth-order valence-corrected chi connectivity index (χ4v) is 7.09. The number of hydrogen-bond acceptors (Lipinski definition) is 5. The molecule has 1 N–H and O–H groups in total. The summed E-state index contributed by atoms with van der Waals surface area (Å²) in [7, 11) is -4.26.